The van der Waals surface area contributed by atoms with Gasteiger partial charge in [0.2, 0.25) is 5.91 Å². The molecule has 0 fully saturated rings. The maximum Gasteiger partial charge on any atom is 0.407 e. The quantitative estimate of drug-likeness (QED) is 0.420. The fourth-order valence-corrected chi connectivity index (χ4v) is 4.21. The van der Waals surface area contributed by atoms with Crippen LogP contribution in [0.4, 0.5) is 10.5 Å². The number of alkyl carbamates (subject to hydrolysis) is 1. The Balaban J connectivity index is 1.42. The fourth-order valence-electron chi connectivity index (χ4n) is 4.08. The topological polar surface area (TPSA) is 105 Å². The summed E-state index contributed by atoms with van der Waals surface area (Å²) in [6, 6.07) is 21.3. The minimum Gasteiger partial charge on any atom is -0.481 e. The molecule has 174 valence electrons. The average Bonchev–Trinajstić information content (AvgIpc) is 3.15. The highest BCUT2D eigenvalue weighted by Gasteiger charge is 2.30. The molecule has 1 unspecified atom stereocenters. The highest BCUT2D eigenvalue weighted by atomic mass is 35.5. The van der Waals surface area contributed by atoms with Crippen LogP contribution in [0, 0.1) is 0 Å². The number of hydrogen-bond donors (Lipinski definition) is 3. The Morgan fingerprint density at radius 1 is 0.912 bits per heavy atom. The summed E-state index contributed by atoms with van der Waals surface area (Å²) < 4.78 is 5.50. The van der Waals surface area contributed by atoms with Gasteiger partial charge in [-0.3, -0.25) is 9.59 Å². The molecule has 0 heterocycles. The first-order valence-electron chi connectivity index (χ1n) is 10.8. The van der Waals surface area contributed by atoms with Crippen LogP contribution in [0.15, 0.2) is 72.8 Å². The highest BCUT2D eigenvalue weighted by molar-refractivity contribution is 6.30. The molecule has 8 heteroatoms. The summed E-state index contributed by atoms with van der Waals surface area (Å²) in [5.74, 6) is -1.74. The van der Waals surface area contributed by atoms with E-state index in [0.717, 1.165) is 22.3 Å². The van der Waals surface area contributed by atoms with Crippen molar-refractivity contribution in [3.63, 3.8) is 0 Å². The minimum atomic E-state index is -1.08. The molecule has 1 aliphatic rings. The number of ether oxygens (including phenoxy) is 1. The number of carboxylic acid groups (broad SMARTS) is 1. The van der Waals surface area contributed by atoms with Crippen LogP contribution >= 0.6 is 11.6 Å². The van der Waals surface area contributed by atoms with Crippen LogP contribution in [0.25, 0.3) is 11.1 Å². The Labute approximate surface area is 201 Å². The van der Waals surface area contributed by atoms with Crippen molar-refractivity contribution in [3.05, 3.63) is 88.9 Å². The standard InChI is InChI=1S/C26H23ClN2O5/c27-16-9-11-17(12-10-16)28-25(32)23(13-14-24(30)31)29-26(33)34-15-22-20-7-3-1-5-18(20)19-6-2-4-8-21(19)22/h1-12,22-23H,13-15H2,(H,28,32)(H,29,33)(H,30,31). The van der Waals surface area contributed by atoms with Gasteiger partial charge >= 0.3 is 12.1 Å². The Kier molecular flexibility index (Phi) is 7.13. The zero-order chi connectivity index (χ0) is 24.1. The van der Waals surface area contributed by atoms with E-state index in [4.69, 9.17) is 21.4 Å². The molecule has 0 radical (unpaired) electrons. The number of anilines is 1. The van der Waals surface area contributed by atoms with Crippen molar-refractivity contribution >= 4 is 35.3 Å². The first kappa shape index (κ1) is 23.3. The number of aliphatic carboxylic acids is 1. The lowest BCUT2D eigenvalue weighted by molar-refractivity contribution is -0.137. The summed E-state index contributed by atoms with van der Waals surface area (Å²) in [4.78, 5) is 36.4. The van der Waals surface area contributed by atoms with Crippen molar-refractivity contribution in [1.29, 1.82) is 0 Å². The number of fused-ring (bicyclic) bond motifs is 3. The zero-order valence-electron chi connectivity index (χ0n) is 18.2. The third-order valence-corrected chi connectivity index (χ3v) is 5.96. The predicted octanol–water partition coefficient (Wildman–Crippen LogP) is 5.05. The van der Waals surface area contributed by atoms with Crippen LogP contribution < -0.4 is 10.6 Å². The minimum absolute atomic E-state index is 0.0844. The van der Waals surface area contributed by atoms with Gasteiger partial charge < -0.3 is 20.5 Å². The second kappa shape index (κ2) is 10.4. The van der Waals surface area contributed by atoms with Crippen molar-refractivity contribution < 1.29 is 24.2 Å². The van der Waals surface area contributed by atoms with Gasteiger partial charge in [0, 0.05) is 23.0 Å². The molecular weight excluding hydrogens is 456 g/mol. The smallest absolute Gasteiger partial charge is 0.407 e. The molecule has 0 aliphatic heterocycles. The van der Waals surface area contributed by atoms with Crippen molar-refractivity contribution in [1.82, 2.24) is 5.32 Å². The molecule has 0 aromatic heterocycles. The number of benzene rings is 3. The lowest BCUT2D eigenvalue weighted by Gasteiger charge is -2.19. The Morgan fingerprint density at radius 3 is 2.09 bits per heavy atom. The van der Waals surface area contributed by atoms with E-state index in [0.29, 0.717) is 10.7 Å². The lowest BCUT2D eigenvalue weighted by Crippen LogP contribution is -2.44. The van der Waals surface area contributed by atoms with E-state index < -0.39 is 24.0 Å². The number of rotatable bonds is 8. The van der Waals surface area contributed by atoms with Gasteiger partial charge in [-0.1, -0.05) is 60.1 Å². The van der Waals surface area contributed by atoms with Gasteiger partial charge in [-0.15, -0.1) is 0 Å². The average molecular weight is 479 g/mol. The van der Waals surface area contributed by atoms with Gasteiger partial charge in [0.15, 0.2) is 0 Å². The lowest BCUT2D eigenvalue weighted by atomic mass is 9.98. The van der Waals surface area contributed by atoms with Gasteiger partial charge in [-0.05, 0) is 52.9 Å². The molecule has 4 rings (SSSR count). The SMILES string of the molecule is O=C(O)CCC(NC(=O)OCC1c2ccccc2-c2ccccc21)C(=O)Nc1ccc(Cl)cc1. The van der Waals surface area contributed by atoms with E-state index in [1.165, 1.54) is 0 Å². The van der Waals surface area contributed by atoms with Gasteiger partial charge in [-0.25, -0.2) is 4.79 Å². The first-order valence-corrected chi connectivity index (χ1v) is 11.2. The molecule has 34 heavy (non-hydrogen) atoms. The van der Waals surface area contributed by atoms with Crippen LogP contribution in [-0.2, 0) is 14.3 Å². The van der Waals surface area contributed by atoms with E-state index in [9.17, 15) is 14.4 Å². The molecule has 1 aliphatic carbocycles. The maximum atomic E-state index is 12.7. The van der Waals surface area contributed by atoms with Crippen molar-refractivity contribution in [2.24, 2.45) is 0 Å². The predicted molar refractivity (Wildman–Crippen MR) is 129 cm³/mol. The van der Waals surface area contributed by atoms with E-state index in [2.05, 4.69) is 10.6 Å². The number of carbonyl (C=O) groups is 3. The zero-order valence-corrected chi connectivity index (χ0v) is 18.9. The number of halogens is 1. The van der Waals surface area contributed by atoms with Gasteiger partial charge in [-0.2, -0.15) is 0 Å². The molecule has 2 amide bonds. The third-order valence-electron chi connectivity index (χ3n) is 5.71. The molecule has 3 aromatic carbocycles. The summed E-state index contributed by atoms with van der Waals surface area (Å²) in [5, 5.41) is 14.7. The van der Waals surface area contributed by atoms with Crippen molar-refractivity contribution in [2.45, 2.75) is 24.8 Å². The normalized spacial score (nSPS) is 12.9. The maximum absolute atomic E-state index is 12.7. The first-order chi connectivity index (χ1) is 16.4. The molecule has 0 saturated carbocycles. The summed E-state index contributed by atoms with van der Waals surface area (Å²) >= 11 is 5.86. The largest absolute Gasteiger partial charge is 0.481 e. The van der Waals surface area contributed by atoms with Gasteiger partial charge in [0.05, 0.1) is 0 Å². The van der Waals surface area contributed by atoms with Crippen molar-refractivity contribution in [2.75, 3.05) is 11.9 Å². The second-order valence-corrected chi connectivity index (χ2v) is 8.39. The molecule has 3 aromatic rings. The van der Waals surface area contributed by atoms with Crippen LogP contribution in [0.2, 0.25) is 5.02 Å². The molecule has 7 nitrogen and oxygen atoms in total. The Bertz CT molecular complexity index is 1170. The highest BCUT2D eigenvalue weighted by Crippen LogP contribution is 2.44. The van der Waals surface area contributed by atoms with Crippen LogP contribution in [0.1, 0.15) is 29.9 Å². The van der Waals surface area contributed by atoms with E-state index in [1.807, 2.05) is 48.5 Å². The Morgan fingerprint density at radius 2 is 1.50 bits per heavy atom. The molecule has 0 spiro atoms. The third kappa shape index (κ3) is 5.38. The molecule has 1 atom stereocenters. The van der Waals surface area contributed by atoms with E-state index in [-0.39, 0.29) is 25.4 Å². The van der Waals surface area contributed by atoms with E-state index in [1.54, 1.807) is 24.3 Å². The summed E-state index contributed by atoms with van der Waals surface area (Å²) in [6.45, 7) is 0.0876. The number of carbonyl (C=O) groups excluding carboxylic acids is 2. The van der Waals surface area contributed by atoms with Crippen LogP contribution in [0.5, 0.6) is 0 Å². The van der Waals surface area contributed by atoms with Crippen molar-refractivity contribution in [3.8, 4) is 11.1 Å². The second-order valence-electron chi connectivity index (χ2n) is 7.95. The fraction of sp³-hybridized carbons (Fsp3) is 0.192. The molecule has 0 bridgehead atoms. The summed E-state index contributed by atoms with van der Waals surface area (Å²) in [7, 11) is 0. The molecule has 3 N–H and O–H groups in total. The summed E-state index contributed by atoms with van der Waals surface area (Å²) in [5.41, 5.74) is 4.82. The number of nitrogens with one attached hydrogen (secondary N) is 2. The van der Waals surface area contributed by atoms with Crippen LogP contribution in [-0.4, -0.2) is 35.7 Å². The number of amides is 2. The number of carboxylic acids is 1. The van der Waals surface area contributed by atoms with Gasteiger partial charge in [0.25, 0.3) is 0 Å². The molecule has 0 saturated heterocycles. The van der Waals surface area contributed by atoms with E-state index >= 15 is 0 Å². The number of hydrogen-bond acceptors (Lipinski definition) is 4. The molecular formula is C26H23ClN2O5. The monoisotopic (exact) mass is 478 g/mol. The summed E-state index contributed by atoms with van der Waals surface area (Å²) in [6.07, 6.45) is -1.16. The Hall–Kier alpha value is -3.84. The van der Waals surface area contributed by atoms with Gasteiger partial charge in [0.1, 0.15) is 12.6 Å². The van der Waals surface area contributed by atoms with Crippen LogP contribution in [0.3, 0.4) is 0 Å².